The number of carboxylic acid groups (broad SMARTS) is 1. The molecule has 104 valence electrons. The van der Waals surface area contributed by atoms with Gasteiger partial charge in [-0.1, -0.05) is 6.92 Å². The maximum absolute atomic E-state index is 12.0. The van der Waals surface area contributed by atoms with Crippen LogP contribution in [0.2, 0.25) is 0 Å². The largest absolute Gasteiger partial charge is 0.505 e. The number of carbonyl (C=O) groups is 2. The molecule has 20 heavy (non-hydrogen) atoms. The first kappa shape index (κ1) is 14.0. The Labute approximate surface area is 118 Å². The Morgan fingerprint density at radius 2 is 2.15 bits per heavy atom. The summed E-state index contributed by atoms with van der Waals surface area (Å²) in [4.78, 5) is 27.7. The Hall–Kier alpha value is -2.41. The highest BCUT2D eigenvalue weighted by Crippen LogP contribution is 2.29. The SMILES string of the molecule is CCc1cc(C(=O)O)c(NC(=O)c2ccncc2O)s1. The van der Waals surface area contributed by atoms with Crippen LogP contribution in [0.4, 0.5) is 5.00 Å². The summed E-state index contributed by atoms with van der Waals surface area (Å²) in [5, 5.41) is 21.4. The van der Waals surface area contributed by atoms with E-state index in [4.69, 9.17) is 5.11 Å². The number of aryl methyl sites for hydroxylation is 1. The van der Waals surface area contributed by atoms with Gasteiger partial charge in [0.2, 0.25) is 0 Å². The van der Waals surface area contributed by atoms with E-state index in [1.54, 1.807) is 0 Å². The molecule has 0 aliphatic heterocycles. The van der Waals surface area contributed by atoms with Crippen LogP contribution < -0.4 is 5.32 Å². The van der Waals surface area contributed by atoms with Crippen LogP contribution in [-0.4, -0.2) is 27.1 Å². The number of aromatic carboxylic acids is 1. The van der Waals surface area contributed by atoms with Crippen LogP contribution in [0.25, 0.3) is 0 Å². The van der Waals surface area contributed by atoms with Crippen molar-refractivity contribution in [1.82, 2.24) is 4.98 Å². The normalized spacial score (nSPS) is 10.2. The van der Waals surface area contributed by atoms with Gasteiger partial charge in [-0.3, -0.25) is 9.78 Å². The van der Waals surface area contributed by atoms with Crippen molar-refractivity contribution in [3.05, 3.63) is 40.5 Å². The highest BCUT2D eigenvalue weighted by atomic mass is 32.1. The third-order valence-corrected chi connectivity index (χ3v) is 3.83. The average Bonchev–Trinajstić information content (AvgIpc) is 2.82. The standard InChI is InChI=1S/C13H12N2O4S/c1-2-7-5-9(13(18)19)12(20-7)15-11(17)8-3-4-14-6-10(8)16/h3-6,16H,2H2,1H3,(H,15,17)(H,18,19). The van der Waals surface area contributed by atoms with E-state index in [-0.39, 0.29) is 21.9 Å². The molecule has 6 nitrogen and oxygen atoms in total. The molecule has 0 atom stereocenters. The lowest BCUT2D eigenvalue weighted by atomic mass is 10.2. The quantitative estimate of drug-likeness (QED) is 0.803. The number of nitrogens with one attached hydrogen (secondary N) is 1. The van der Waals surface area contributed by atoms with Gasteiger partial charge in [0, 0.05) is 11.1 Å². The second-order valence-corrected chi connectivity index (χ2v) is 5.10. The smallest absolute Gasteiger partial charge is 0.338 e. The van der Waals surface area contributed by atoms with Crippen LogP contribution in [0.15, 0.2) is 24.5 Å². The van der Waals surface area contributed by atoms with Gasteiger partial charge in [0.15, 0.2) is 0 Å². The number of carboxylic acids is 1. The summed E-state index contributed by atoms with van der Waals surface area (Å²) in [7, 11) is 0. The van der Waals surface area contributed by atoms with Crippen molar-refractivity contribution >= 4 is 28.2 Å². The lowest BCUT2D eigenvalue weighted by Gasteiger charge is -2.05. The second kappa shape index (κ2) is 5.70. The number of pyridine rings is 1. The van der Waals surface area contributed by atoms with Gasteiger partial charge in [-0.2, -0.15) is 0 Å². The first-order valence-corrected chi connectivity index (χ1v) is 6.65. The number of aromatic hydroxyl groups is 1. The van der Waals surface area contributed by atoms with Gasteiger partial charge in [-0.05, 0) is 18.6 Å². The van der Waals surface area contributed by atoms with Crippen molar-refractivity contribution < 1.29 is 19.8 Å². The zero-order valence-corrected chi connectivity index (χ0v) is 11.4. The van der Waals surface area contributed by atoms with E-state index in [0.717, 1.165) is 11.1 Å². The molecule has 0 spiro atoms. The zero-order valence-electron chi connectivity index (χ0n) is 10.6. The summed E-state index contributed by atoms with van der Waals surface area (Å²) in [5.41, 5.74) is 0.0940. The topological polar surface area (TPSA) is 99.5 Å². The van der Waals surface area contributed by atoms with E-state index in [0.29, 0.717) is 6.42 Å². The lowest BCUT2D eigenvalue weighted by molar-refractivity contribution is 0.0698. The number of amides is 1. The van der Waals surface area contributed by atoms with Crippen LogP contribution in [0.5, 0.6) is 5.75 Å². The monoisotopic (exact) mass is 292 g/mol. The third kappa shape index (κ3) is 2.77. The highest BCUT2D eigenvalue weighted by molar-refractivity contribution is 7.16. The van der Waals surface area contributed by atoms with E-state index in [2.05, 4.69) is 10.3 Å². The fraction of sp³-hybridized carbons (Fsp3) is 0.154. The van der Waals surface area contributed by atoms with Crippen LogP contribution in [0.1, 0.15) is 32.5 Å². The van der Waals surface area contributed by atoms with Crippen molar-refractivity contribution in [1.29, 1.82) is 0 Å². The van der Waals surface area contributed by atoms with Gasteiger partial charge in [0.1, 0.15) is 10.8 Å². The Morgan fingerprint density at radius 3 is 2.75 bits per heavy atom. The van der Waals surface area contributed by atoms with E-state index in [1.165, 1.54) is 29.7 Å². The molecule has 1 amide bonds. The number of hydrogen-bond donors (Lipinski definition) is 3. The molecular weight excluding hydrogens is 280 g/mol. The van der Waals surface area contributed by atoms with Crippen LogP contribution in [0.3, 0.4) is 0 Å². The van der Waals surface area contributed by atoms with Crippen molar-refractivity contribution in [3.8, 4) is 5.75 Å². The van der Waals surface area contributed by atoms with Crippen molar-refractivity contribution in [2.75, 3.05) is 5.32 Å². The van der Waals surface area contributed by atoms with E-state index in [1.807, 2.05) is 6.92 Å². The summed E-state index contributed by atoms with van der Waals surface area (Å²) in [6, 6.07) is 2.90. The van der Waals surface area contributed by atoms with Gasteiger partial charge in [-0.25, -0.2) is 4.79 Å². The minimum Gasteiger partial charge on any atom is -0.505 e. The maximum atomic E-state index is 12.0. The number of thiophene rings is 1. The molecule has 7 heteroatoms. The number of anilines is 1. The van der Waals surface area contributed by atoms with Crippen LogP contribution >= 0.6 is 11.3 Å². The Morgan fingerprint density at radius 1 is 1.40 bits per heavy atom. The summed E-state index contributed by atoms with van der Waals surface area (Å²) in [5.74, 6) is -1.93. The number of rotatable bonds is 4. The van der Waals surface area contributed by atoms with Gasteiger partial charge < -0.3 is 15.5 Å². The molecule has 0 bridgehead atoms. The van der Waals surface area contributed by atoms with Crippen LogP contribution in [-0.2, 0) is 6.42 Å². The van der Waals surface area contributed by atoms with Gasteiger partial charge in [-0.15, -0.1) is 11.3 Å². The molecule has 0 aromatic carbocycles. The van der Waals surface area contributed by atoms with E-state index < -0.39 is 11.9 Å². The van der Waals surface area contributed by atoms with Gasteiger partial charge in [0.05, 0.1) is 17.3 Å². The van der Waals surface area contributed by atoms with Gasteiger partial charge >= 0.3 is 5.97 Å². The molecule has 2 aromatic heterocycles. The number of nitrogens with zero attached hydrogens (tertiary/aromatic N) is 1. The number of carbonyl (C=O) groups excluding carboxylic acids is 1. The molecular formula is C13H12N2O4S. The Bertz CT molecular complexity index is 666. The lowest BCUT2D eigenvalue weighted by Crippen LogP contribution is -2.13. The third-order valence-electron chi connectivity index (χ3n) is 2.63. The van der Waals surface area contributed by atoms with Gasteiger partial charge in [0.25, 0.3) is 5.91 Å². The summed E-state index contributed by atoms with van der Waals surface area (Å²) >= 11 is 1.21. The molecule has 0 saturated carbocycles. The minimum absolute atomic E-state index is 0.0442. The molecule has 0 saturated heterocycles. The molecule has 0 radical (unpaired) electrons. The maximum Gasteiger partial charge on any atom is 0.338 e. The predicted molar refractivity (Wildman–Crippen MR) is 74.5 cm³/mol. The van der Waals surface area contributed by atoms with Crippen molar-refractivity contribution in [2.45, 2.75) is 13.3 Å². The molecule has 2 rings (SSSR count). The zero-order chi connectivity index (χ0) is 14.7. The average molecular weight is 292 g/mol. The fourth-order valence-corrected chi connectivity index (χ4v) is 2.60. The summed E-state index contributed by atoms with van der Waals surface area (Å²) in [6.45, 7) is 1.90. The Kier molecular flexibility index (Phi) is 3.99. The summed E-state index contributed by atoms with van der Waals surface area (Å²) < 4.78 is 0. The number of aromatic nitrogens is 1. The Balaban J connectivity index is 2.30. The summed E-state index contributed by atoms with van der Waals surface area (Å²) in [6.07, 6.45) is 3.21. The molecule has 0 unspecified atom stereocenters. The second-order valence-electron chi connectivity index (χ2n) is 3.96. The van der Waals surface area contributed by atoms with Crippen molar-refractivity contribution in [2.24, 2.45) is 0 Å². The first-order valence-electron chi connectivity index (χ1n) is 5.83. The fourth-order valence-electron chi connectivity index (χ4n) is 1.62. The van der Waals surface area contributed by atoms with E-state index >= 15 is 0 Å². The van der Waals surface area contributed by atoms with E-state index in [9.17, 15) is 14.7 Å². The molecule has 0 aliphatic carbocycles. The molecule has 2 aromatic rings. The minimum atomic E-state index is -1.10. The number of hydrogen-bond acceptors (Lipinski definition) is 5. The molecule has 0 aliphatic rings. The first-order chi connectivity index (χ1) is 9.52. The molecule has 0 fully saturated rings. The molecule has 2 heterocycles. The molecule has 3 N–H and O–H groups in total. The predicted octanol–water partition coefficient (Wildman–Crippen LogP) is 2.36. The highest BCUT2D eigenvalue weighted by Gasteiger charge is 2.18. The van der Waals surface area contributed by atoms with Crippen LogP contribution in [0, 0.1) is 0 Å². The van der Waals surface area contributed by atoms with Crippen molar-refractivity contribution in [3.63, 3.8) is 0 Å².